The van der Waals surface area contributed by atoms with Gasteiger partial charge in [0.25, 0.3) is 5.91 Å². The molecule has 0 bridgehead atoms. The summed E-state index contributed by atoms with van der Waals surface area (Å²) in [6.45, 7) is 4.70. The molecule has 1 saturated heterocycles. The number of H-pyrrole nitrogens is 1. The van der Waals surface area contributed by atoms with Gasteiger partial charge in [-0.2, -0.15) is 5.10 Å². The molecule has 1 aliphatic heterocycles. The summed E-state index contributed by atoms with van der Waals surface area (Å²) < 4.78 is 27.6. The number of fused-ring (bicyclic) bond motifs is 1. The van der Waals surface area contributed by atoms with E-state index in [4.69, 9.17) is 0 Å². The quantitative estimate of drug-likeness (QED) is 0.502. The van der Waals surface area contributed by atoms with Crippen molar-refractivity contribution in [1.82, 2.24) is 25.0 Å². The zero-order chi connectivity index (χ0) is 22.4. The van der Waals surface area contributed by atoms with Crippen molar-refractivity contribution in [2.45, 2.75) is 6.92 Å². The van der Waals surface area contributed by atoms with Crippen molar-refractivity contribution in [3.8, 4) is 21.1 Å². The van der Waals surface area contributed by atoms with E-state index in [0.717, 1.165) is 41.7 Å². The van der Waals surface area contributed by atoms with Crippen molar-refractivity contribution in [2.24, 2.45) is 0 Å². The van der Waals surface area contributed by atoms with Gasteiger partial charge in [-0.25, -0.2) is 13.8 Å². The van der Waals surface area contributed by atoms with Gasteiger partial charge in [0.05, 0.1) is 10.4 Å². The number of halogens is 2. The minimum Gasteiger partial charge on any atom is -0.335 e. The predicted octanol–water partition coefficient (Wildman–Crippen LogP) is 4.33. The minimum absolute atomic E-state index is 0.212. The molecule has 0 unspecified atom stereocenters. The first kappa shape index (κ1) is 20.7. The molecule has 2 aromatic heterocycles. The van der Waals surface area contributed by atoms with Crippen LogP contribution in [0.15, 0.2) is 36.4 Å². The maximum atomic E-state index is 14.0. The molecule has 0 radical (unpaired) electrons. The van der Waals surface area contributed by atoms with Crippen molar-refractivity contribution in [3.63, 3.8) is 0 Å². The topological polar surface area (TPSA) is 65.1 Å². The number of nitrogens with one attached hydrogen (secondary N) is 1. The summed E-state index contributed by atoms with van der Waals surface area (Å²) in [6.07, 6.45) is 0. The highest BCUT2D eigenvalue weighted by Gasteiger charge is 2.28. The number of piperazine rings is 1. The number of aromatic amines is 1. The molecule has 32 heavy (non-hydrogen) atoms. The van der Waals surface area contributed by atoms with Gasteiger partial charge in [0.1, 0.15) is 16.4 Å². The zero-order valence-corrected chi connectivity index (χ0v) is 18.5. The van der Waals surface area contributed by atoms with E-state index in [0.29, 0.717) is 34.2 Å². The smallest absolute Gasteiger partial charge is 0.274 e. The predicted molar refractivity (Wildman–Crippen MR) is 121 cm³/mol. The fourth-order valence-electron chi connectivity index (χ4n) is 3.91. The van der Waals surface area contributed by atoms with Gasteiger partial charge in [-0.15, -0.1) is 11.3 Å². The number of carbonyl (C=O) groups excluding carboxylic acids is 1. The summed E-state index contributed by atoms with van der Waals surface area (Å²) in [4.78, 5) is 22.5. The monoisotopic (exact) mass is 453 g/mol. The lowest BCUT2D eigenvalue weighted by Gasteiger charge is -2.32. The second-order valence-electron chi connectivity index (χ2n) is 7.99. The third-order valence-electron chi connectivity index (χ3n) is 5.81. The molecule has 6 nitrogen and oxygen atoms in total. The second kappa shape index (κ2) is 8.07. The largest absolute Gasteiger partial charge is 0.335 e. The van der Waals surface area contributed by atoms with Crippen LogP contribution in [0, 0.1) is 18.6 Å². The van der Waals surface area contributed by atoms with Gasteiger partial charge in [0.2, 0.25) is 0 Å². The number of aryl methyl sites for hydroxylation is 1. The third kappa shape index (κ3) is 3.57. The Morgan fingerprint density at radius 3 is 2.62 bits per heavy atom. The van der Waals surface area contributed by atoms with Gasteiger partial charge in [-0.3, -0.25) is 9.89 Å². The van der Waals surface area contributed by atoms with Crippen molar-refractivity contribution in [1.29, 1.82) is 0 Å². The molecule has 164 valence electrons. The first-order chi connectivity index (χ1) is 15.4. The van der Waals surface area contributed by atoms with E-state index < -0.39 is 11.6 Å². The number of rotatable bonds is 3. The highest BCUT2D eigenvalue weighted by molar-refractivity contribution is 7.18. The second-order valence-corrected chi connectivity index (χ2v) is 8.99. The Morgan fingerprint density at radius 1 is 1.09 bits per heavy atom. The lowest BCUT2D eigenvalue weighted by atomic mass is 10.1. The van der Waals surface area contributed by atoms with Crippen LogP contribution in [0.3, 0.4) is 0 Å². The maximum Gasteiger partial charge on any atom is 0.274 e. The van der Waals surface area contributed by atoms with Crippen LogP contribution >= 0.6 is 11.3 Å². The minimum atomic E-state index is -0.962. The van der Waals surface area contributed by atoms with Crippen LogP contribution in [-0.4, -0.2) is 64.1 Å². The molecule has 1 fully saturated rings. The van der Waals surface area contributed by atoms with Crippen LogP contribution in [0.4, 0.5) is 8.78 Å². The highest BCUT2D eigenvalue weighted by Crippen LogP contribution is 2.38. The summed E-state index contributed by atoms with van der Waals surface area (Å²) in [6, 6.07) is 9.53. The number of thiazole rings is 1. The molecule has 1 aliphatic rings. The van der Waals surface area contributed by atoms with Crippen LogP contribution in [0.5, 0.6) is 0 Å². The molecule has 9 heteroatoms. The fraction of sp³-hybridized carbons (Fsp3) is 0.261. The average Bonchev–Trinajstić information content (AvgIpc) is 3.41. The Morgan fingerprint density at radius 2 is 1.88 bits per heavy atom. The highest BCUT2D eigenvalue weighted by atomic mass is 32.1. The van der Waals surface area contributed by atoms with Crippen LogP contribution in [0.2, 0.25) is 0 Å². The number of carbonyl (C=O) groups is 1. The van der Waals surface area contributed by atoms with Crippen LogP contribution in [0.1, 0.15) is 16.1 Å². The lowest BCUT2D eigenvalue weighted by Crippen LogP contribution is -2.47. The summed E-state index contributed by atoms with van der Waals surface area (Å²) in [5.74, 6) is -2.10. The maximum absolute atomic E-state index is 14.0. The number of hydrogen-bond donors (Lipinski definition) is 1. The van der Waals surface area contributed by atoms with Gasteiger partial charge in [0, 0.05) is 31.6 Å². The number of nitrogens with zero attached hydrogens (tertiary/aromatic N) is 4. The van der Waals surface area contributed by atoms with E-state index in [1.165, 1.54) is 17.4 Å². The molecule has 4 aromatic rings. The normalized spacial score (nSPS) is 14.9. The Labute approximate surface area is 187 Å². The first-order valence-corrected chi connectivity index (χ1v) is 11.1. The molecule has 1 N–H and O–H groups in total. The Hall–Kier alpha value is -3.17. The van der Waals surface area contributed by atoms with Crippen molar-refractivity contribution in [3.05, 3.63) is 59.3 Å². The number of hydrogen-bond acceptors (Lipinski definition) is 5. The number of aromatic nitrogens is 3. The number of para-hydroxylation sites is 1. The van der Waals surface area contributed by atoms with E-state index in [2.05, 4.69) is 20.1 Å². The van der Waals surface area contributed by atoms with Gasteiger partial charge >= 0.3 is 0 Å². The zero-order valence-electron chi connectivity index (χ0n) is 17.7. The molecular formula is C23H21F2N5OS. The average molecular weight is 454 g/mol. The summed E-state index contributed by atoms with van der Waals surface area (Å²) in [5, 5.41) is 8.94. The molecule has 0 atom stereocenters. The van der Waals surface area contributed by atoms with E-state index in [1.54, 1.807) is 4.90 Å². The van der Waals surface area contributed by atoms with Gasteiger partial charge in [-0.05, 0) is 37.2 Å². The molecule has 0 spiro atoms. The Kier molecular flexibility index (Phi) is 5.22. The van der Waals surface area contributed by atoms with Crippen LogP contribution in [-0.2, 0) is 0 Å². The molecule has 5 rings (SSSR count). The van der Waals surface area contributed by atoms with Gasteiger partial charge in [0.15, 0.2) is 11.6 Å². The summed E-state index contributed by atoms with van der Waals surface area (Å²) >= 11 is 1.26. The molecule has 2 aromatic carbocycles. The summed E-state index contributed by atoms with van der Waals surface area (Å²) in [7, 11) is 2.01. The van der Waals surface area contributed by atoms with Crippen molar-refractivity contribution in [2.75, 3.05) is 33.2 Å². The van der Waals surface area contributed by atoms with E-state index in [-0.39, 0.29) is 11.6 Å². The molecule has 3 heterocycles. The van der Waals surface area contributed by atoms with Crippen LogP contribution < -0.4 is 0 Å². The van der Waals surface area contributed by atoms with Gasteiger partial charge in [-0.1, -0.05) is 24.3 Å². The van der Waals surface area contributed by atoms with Crippen molar-refractivity contribution >= 4 is 28.1 Å². The molecular weight excluding hydrogens is 432 g/mol. The summed E-state index contributed by atoms with van der Waals surface area (Å²) in [5.41, 5.74) is 3.24. The van der Waals surface area contributed by atoms with Crippen molar-refractivity contribution < 1.29 is 13.6 Å². The standard InChI is InChI=1S/C23H21F2N5OS/c1-13-4-3-5-15-18(13)27-28-19(15)22-26-20(23(31)30-10-8-29(2)9-11-30)21(32-22)14-6-7-16(24)17(25)12-14/h3-7,12H,8-11H2,1-2H3,(H,27,28). The molecule has 1 amide bonds. The van der Waals surface area contributed by atoms with Gasteiger partial charge < -0.3 is 9.80 Å². The van der Waals surface area contributed by atoms with E-state index in [1.807, 2.05) is 32.2 Å². The third-order valence-corrected chi connectivity index (χ3v) is 6.92. The van der Waals surface area contributed by atoms with E-state index in [9.17, 15) is 13.6 Å². The number of likely N-dealkylation sites (N-methyl/N-ethyl adjacent to an activating group) is 1. The SMILES string of the molecule is Cc1cccc2c(-c3nc(C(=O)N4CCN(C)CC4)c(-c4ccc(F)c(F)c4)s3)n[nH]c12. The lowest BCUT2D eigenvalue weighted by molar-refractivity contribution is 0.0660. The first-order valence-electron chi connectivity index (χ1n) is 10.3. The van der Waals surface area contributed by atoms with Crippen LogP contribution in [0.25, 0.3) is 32.0 Å². The fourth-order valence-corrected chi connectivity index (χ4v) is 4.96. The Balaban J connectivity index is 1.64. The molecule has 0 aliphatic carbocycles. The Bertz CT molecular complexity index is 1320. The number of benzene rings is 2. The molecule has 0 saturated carbocycles. The van der Waals surface area contributed by atoms with E-state index >= 15 is 0 Å². The number of amides is 1.